The van der Waals surface area contributed by atoms with Crippen molar-refractivity contribution in [3.05, 3.63) is 53.1 Å². The fourth-order valence-electron chi connectivity index (χ4n) is 2.54. The molecule has 2 aromatic carbocycles. The summed E-state index contributed by atoms with van der Waals surface area (Å²) in [4.78, 5) is 0. The summed E-state index contributed by atoms with van der Waals surface area (Å²) in [5.41, 5.74) is 6.84. The molecule has 18 heavy (non-hydrogen) atoms. The van der Waals surface area contributed by atoms with Gasteiger partial charge in [0.05, 0.1) is 11.2 Å². The molecule has 0 unspecified atom stereocenters. The Labute approximate surface area is 106 Å². The zero-order valence-corrected chi connectivity index (χ0v) is 10.8. The SMILES string of the molecule is Cc1cc(C)c(-n2nnc3ccccc32)c(C)c1. The molecule has 0 bridgehead atoms. The fraction of sp³-hybridized carbons (Fsp3) is 0.200. The standard InChI is InChI=1S/C15H15N3/c1-10-8-11(2)15(12(3)9-10)18-14-7-5-4-6-13(14)16-17-18/h4-9H,1-3H3. The Morgan fingerprint density at radius 2 is 1.61 bits per heavy atom. The molecule has 3 nitrogen and oxygen atoms in total. The zero-order chi connectivity index (χ0) is 12.7. The number of para-hydroxylation sites is 1. The third-order valence-corrected chi connectivity index (χ3v) is 3.20. The van der Waals surface area contributed by atoms with Crippen molar-refractivity contribution in [2.45, 2.75) is 20.8 Å². The predicted molar refractivity (Wildman–Crippen MR) is 73.1 cm³/mol. The van der Waals surface area contributed by atoms with Crippen molar-refractivity contribution in [3.8, 4) is 5.69 Å². The second-order valence-corrected chi connectivity index (χ2v) is 4.74. The molecular weight excluding hydrogens is 222 g/mol. The Hall–Kier alpha value is -2.16. The zero-order valence-electron chi connectivity index (χ0n) is 10.8. The third kappa shape index (κ3) is 1.59. The lowest BCUT2D eigenvalue weighted by Crippen LogP contribution is -2.02. The van der Waals surface area contributed by atoms with E-state index in [1.54, 1.807) is 0 Å². The van der Waals surface area contributed by atoms with Gasteiger partial charge in [-0.15, -0.1) is 5.10 Å². The Morgan fingerprint density at radius 1 is 0.944 bits per heavy atom. The summed E-state index contributed by atoms with van der Waals surface area (Å²) in [5, 5.41) is 8.50. The number of aromatic nitrogens is 3. The predicted octanol–water partition coefficient (Wildman–Crippen LogP) is 3.35. The Bertz CT molecular complexity index is 702. The molecule has 0 spiro atoms. The van der Waals surface area contributed by atoms with Crippen LogP contribution in [0.4, 0.5) is 0 Å². The first-order valence-corrected chi connectivity index (χ1v) is 6.05. The van der Waals surface area contributed by atoms with E-state index in [9.17, 15) is 0 Å². The van der Waals surface area contributed by atoms with Crippen molar-refractivity contribution in [1.29, 1.82) is 0 Å². The summed E-state index contributed by atoms with van der Waals surface area (Å²) in [6.07, 6.45) is 0. The smallest absolute Gasteiger partial charge is 0.113 e. The van der Waals surface area contributed by atoms with Crippen LogP contribution in [-0.4, -0.2) is 15.0 Å². The first-order chi connectivity index (χ1) is 8.66. The van der Waals surface area contributed by atoms with Gasteiger partial charge in [-0.05, 0) is 44.0 Å². The number of nitrogens with zero attached hydrogens (tertiary/aromatic N) is 3. The van der Waals surface area contributed by atoms with Gasteiger partial charge in [0, 0.05) is 0 Å². The van der Waals surface area contributed by atoms with E-state index in [-0.39, 0.29) is 0 Å². The van der Waals surface area contributed by atoms with Crippen LogP contribution in [0.25, 0.3) is 16.7 Å². The molecule has 0 aliphatic carbocycles. The molecule has 0 aliphatic heterocycles. The molecule has 1 aromatic heterocycles. The second kappa shape index (κ2) is 3.95. The highest BCUT2D eigenvalue weighted by atomic mass is 15.4. The van der Waals surface area contributed by atoms with E-state index in [1.807, 2.05) is 28.9 Å². The number of fused-ring (bicyclic) bond motifs is 1. The van der Waals surface area contributed by atoms with Gasteiger partial charge in [-0.25, -0.2) is 4.68 Å². The molecule has 0 fully saturated rings. The molecular formula is C15H15N3. The molecule has 3 heteroatoms. The summed E-state index contributed by atoms with van der Waals surface area (Å²) in [7, 11) is 0. The van der Waals surface area contributed by atoms with Crippen molar-refractivity contribution >= 4 is 11.0 Å². The molecule has 0 saturated heterocycles. The molecule has 0 radical (unpaired) electrons. The number of hydrogen-bond donors (Lipinski definition) is 0. The van der Waals surface area contributed by atoms with E-state index in [0.717, 1.165) is 16.7 Å². The molecule has 3 rings (SSSR count). The largest absolute Gasteiger partial charge is 0.212 e. The van der Waals surface area contributed by atoms with Gasteiger partial charge in [0.1, 0.15) is 5.52 Å². The van der Waals surface area contributed by atoms with Gasteiger partial charge in [0.25, 0.3) is 0 Å². The van der Waals surface area contributed by atoms with E-state index in [1.165, 1.54) is 16.7 Å². The van der Waals surface area contributed by atoms with Crippen LogP contribution in [0.3, 0.4) is 0 Å². The van der Waals surface area contributed by atoms with Crippen LogP contribution >= 0.6 is 0 Å². The minimum Gasteiger partial charge on any atom is -0.212 e. The first-order valence-electron chi connectivity index (χ1n) is 6.05. The van der Waals surface area contributed by atoms with Crippen LogP contribution in [0.15, 0.2) is 36.4 Å². The topological polar surface area (TPSA) is 30.7 Å². The quantitative estimate of drug-likeness (QED) is 0.650. The average Bonchev–Trinajstić information content (AvgIpc) is 2.72. The van der Waals surface area contributed by atoms with Gasteiger partial charge in [-0.3, -0.25) is 0 Å². The summed E-state index contributed by atoms with van der Waals surface area (Å²) in [6.45, 7) is 6.35. The van der Waals surface area contributed by atoms with Crippen LogP contribution in [0, 0.1) is 20.8 Å². The highest BCUT2D eigenvalue weighted by Crippen LogP contribution is 2.23. The molecule has 0 aliphatic rings. The summed E-state index contributed by atoms with van der Waals surface area (Å²) >= 11 is 0. The van der Waals surface area contributed by atoms with Gasteiger partial charge >= 0.3 is 0 Å². The van der Waals surface area contributed by atoms with Crippen LogP contribution in [-0.2, 0) is 0 Å². The average molecular weight is 237 g/mol. The lowest BCUT2D eigenvalue weighted by molar-refractivity contribution is 0.813. The van der Waals surface area contributed by atoms with E-state index in [2.05, 4.69) is 43.2 Å². The van der Waals surface area contributed by atoms with Crippen LogP contribution in [0.5, 0.6) is 0 Å². The van der Waals surface area contributed by atoms with Crippen molar-refractivity contribution in [2.75, 3.05) is 0 Å². The molecule has 0 amide bonds. The summed E-state index contributed by atoms with van der Waals surface area (Å²) in [6, 6.07) is 12.4. The van der Waals surface area contributed by atoms with Crippen molar-refractivity contribution < 1.29 is 0 Å². The molecule has 90 valence electrons. The first kappa shape index (κ1) is 11.0. The van der Waals surface area contributed by atoms with E-state index in [0.29, 0.717) is 0 Å². The van der Waals surface area contributed by atoms with Crippen LogP contribution in [0.2, 0.25) is 0 Å². The maximum atomic E-state index is 4.28. The summed E-state index contributed by atoms with van der Waals surface area (Å²) in [5.74, 6) is 0. The lowest BCUT2D eigenvalue weighted by Gasteiger charge is -2.11. The number of benzene rings is 2. The minimum atomic E-state index is 0.928. The highest BCUT2D eigenvalue weighted by molar-refractivity contribution is 5.76. The van der Waals surface area contributed by atoms with Crippen LogP contribution in [0.1, 0.15) is 16.7 Å². The molecule has 1 heterocycles. The Kier molecular flexibility index (Phi) is 2.40. The van der Waals surface area contributed by atoms with E-state index >= 15 is 0 Å². The van der Waals surface area contributed by atoms with Crippen molar-refractivity contribution in [1.82, 2.24) is 15.0 Å². The monoisotopic (exact) mass is 237 g/mol. The van der Waals surface area contributed by atoms with Crippen molar-refractivity contribution in [2.24, 2.45) is 0 Å². The van der Waals surface area contributed by atoms with Gasteiger partial charge in [0.2, 0.25) is 0 Å². The maximum absolute atomic E-state index is 4.28. The molecule has 0 atom stereocenters. The second-order valence-electron chi connectivity index (χ2n) is 4.74. The third-order valence-electron chi connectivity index (χ3n) is 3.20. The van der Waals surface area contributed by atoms with Gasteiger partial charge in [-0.2, -0.15) is 0 Å². The number of rotatable bonds is 1. The van der Waals surface area contributed by atoms with Gasteiger partial charge in [-0.1, -0.05) is 35.0 Å². The Morgan fingerprint density at radius 3 is 2.33 bits per heavy atom. The normalized spacial score (nSPS) is 11.1. The fourth-order valence-corrected chi connectivity index (χ4v) is 2.54. The van der Waals surface area contributed by atoms with Gasteiger partial charge in [0.15, 0.2) is 0 Å². The van der Waals surface area contributed by atoms with E-state index in [4.69, 9.17) is 0 Å². The number of hydrogen-bond acceptors (Lipinski definition) is 2. The molecule has 3 aromatic rings. The minimum absolute atomic E-state index is 0.928. The van der Waals surface area contributed by atoms with Gasteiger partial charge < -0.3 is 0 Å². The van der Waals surface area contributed by atoms with Crippen LogP contribution < -0.4 is 0 Å². The number of aryl methyl sites for hydroxylation is 3. The highest BCUT2D eigenvalue weighted by Gasteiger charge is 2.11. The summed E-state index contributed by atoms with van der Waals surface area (Å²) < 4.78 is 1.93. The van der Waals surface area contributed by atoms with E-state index < -0.39 is 0 Å². The lowest BCUT2D eigenvalue weighted by atomic mass is 10.1. The molecule has 0 saturated carbocycles. The maximum Gasteiger partial charge on any atom is 0.113 e. The molecule has 0 N–H and O–H groups in total. The Balaban J connectivity index is 2.33. The van der Waals surface area contributed by atoms with Crippen molar-refractivity contribution in [3.63, 3.8) is 0 Å².